The van der Waals surface area contributed by atoms with Crippen LogP contribution in [0.1, 0.15) is 5.56 Å². The molecular weight excluding hydrogens is 294 g/mol. The van der Waals surface area contributed by atoms with Crippen LogP contribution in [0, 0.1) is 6.92 Å². The average molecular weight is 312 g/mol. The Morgan fingerprint density at radius 3 is 2.46 bits per heavy atom. The van der Waals surface area contributed by atoms with Crippen molar-refractivity contribution in [2.24, 2.45) is 7.05 Å². The van der Waals surface area contributed by atoms with Gasteiger partial charge in [0.2, 0.25) is 11.2 Å². The Bertz CT molecular complexity index is 1020. The Hall–Kier alpha value is -3.07. The summed E-state index contributed by atoms with van der Waals surface area (Å²) in [6, 6.07) is 19.1. The normalized spacial score (nSPS) is 10.9. The molecule has 0 aliphatic carbocycles. The van der Waals surface area contributed by atoms with Crippen molar-refractivity contribution >= 4 is 10.9 Å². The Kier molecular flexibility index (Phi) is 3.54. The molecule has 0 amide bonds. The second kappa shape index (κ2) is 5.85. The van der Waals surface area contributed by atoms with Gasteiger partial charge in [0.1, 0.15) is 7.05 Å². The van der Waals surface area contributed by atoms with E-state index in [1.54, 1.807) is 12.4 Å². The maximum absolute atomic E-state index is 4.51. The number of aryl methyl sites for hydroxylation is 2. The molecule has 3 nitrogen and oxygen atoms in total. The lowest BCUT2D eigenvalue weighted by Crippen LogP contribution is -2.32. The van der Waals surface area contributed by atoms with Gasteiger partial charge in [-0.1, -0.05) is 30.3 Å². The van der Waals surface area contributed by atoms with E-state index in [0.29, 0.717) is 0 Å². The van der Waals surface area contributed by atoms with E-state index < -0.39 is 0 Å². The van der Waals surface area contributed by atoms with Gasteiger partial charge in [-0.2, -0.15) is 4.57 Å². The molecule has 0 N–H and O–H groups in total. The van der Waals surface area contributed by atoms with E-state index in [-0.39, 0.29) is 0 Å². The van der Waals surface area contributed by atoms with E-state index in [2.05, 4.69) is 83.1 Å². The van der Waals surface area contributed by atoms with Crippen molar-refractivity contribution in [2.75, 3.05) is 0 Å². The van der Waals surface area contributed by atoms with Gasteiger partial charge < -0.3 is 0 Å². The molecule has 2 aromatic carbocycles. The number of hydrogen-bond donors (Lipinski definition) is 0. The summed E-state index contributed by atoms with van der Waals surface area (Å²) >= 11 is 0. The average Bonchev–Trinajstić information content (AvgIpc) is 2.64. The molecule has 0 aliphatic heterocycles. The molecule has 116 valence electrons. The summed E-state index contributed by atoms with van der Waals surface area (Å²) < 4.78 is 2.25. The van der Waals surface area contributed by atoms with E-state index in [1.807, 2.05) is 6.20 Å². The molecule has 4 rings (SSSR count). The first-order chi connectivity index (χ1) is 11.8. The first-order valence-corrected chi connectivity index (χ1v) is 8.00. The topological polar surface area (TPSA) is 29.7 Å². The highest BCUT2D eigenvalue weighted by Gasteiger charge is 2.20. The van der Waals surface area contributed by atoms with Crippen molar-refractivity contribution in [3.63, 3.8) is 0 Å². The minimum Gasteiger partial charge on any atom is -0.261 e. The third kappa shape index (κ3) is 2.35. The first kappa shape index (κ1) is 14.5. The van der Waals surface area contributed by atoms with Gasteiger partial charge in [0.05, 0.1) is 17.3 Å². The monoisotopic (exact) mass is 312 g/mol. The van der Waals surface area contributed by atoms with E-state index >= 15 is 0 Å². The maximum atomic E-state index is 4.51. The fraction of sp³-hybridized carbons (Fsp3) is 0.0952. The highest BCUT2D eigenvalue weighted by Crippen LogP contribution is 2.30. The standard InChI is InChI=1S/C21H18N3/c1-15-7-3-4-8-16(15)21-13-18(19-14-22-11-12-23-19)17-9-5-6-10-20(17)24(21)2/h3-14H,1-2H3/q+1. The van der Waals surface area contributed by atoms with Crippen LogP contribution in [-0.4, -0.2) is 9.97 Å². The number of para-hydroxylation sites is 1. The third-order valence-corrected chi connectivity index (χ3v) is 4.46. The van der Waals surface area contributed by atoms with Crippen LogP contribution >= 0.6 is 0 Å². The molecule has 0 unspecified atom stereocenters. The van der Waals surface area contributed by atoms with Crippen LogP contribution in [0.3, 0.4) is 0 Å². The smallest absolute Gasteiger partial charge is 0.213 e. The molecule has 24 heavy (non-hydrogen) atoms. The largest absolute Gasteiger partial charge is 0.261 e. The van der Waals surface area contributed by atoms with Crippen LogP contribution in [0.15, 0.2) is 73.2 Å². The highest BCUT2D eigenvalue weighted by molar-refractivity contribution is 5.93. The summed E-state index contributed by atoms with van der Waals surface area (Å²) in [4.78, 5) is 8.76. The Morgan fingerprint density at radius 1 is 0.875 bits per heavy atom. The predicted octanol–water partition coefficient (Wildman–Crippen LogP) is 4.10. The Labute approximate surface area is 141 Å². The molecule has 0 bridgehead atoms. The number of rotatable bonds is 2. The Balaban J connectivity index is 2.10. The van der Waals surface area contributed by atoms with Crippen LogP contribution in [0.2, 0.25) is 0 Å². The van der Waals surface area contributed by atoms with E-state index in [0.717, 1.165) is 11.3 Å². The summed E-state index contributed by atoms with van der Waals surface area (Å²) in [6.45, 7) is 2.15. The van der Waals surface area contributed by atoms with Gasteiger partial charge in [0.25, 0.3) is 0 Å². The van der Waals surface area contributed by atoms with Crippen LogP contribution in [0.25, 0.3) is 33.4 Å². The van der Waals surface area contributed by atoms with Crippen LogP contribution in [0.5, 0.6) is 0 Å². The fourth-order valence-corrected chi connectivity index (χ4v) is 3.20. The molecule has 4 aromatic rings. The molecule has 0 saturated heterocycles. The van der Waals surface area contributed by atoms with Crippen LogP contribution in [-0.2, 0) is 7.05 Å². The zero-order valence-electron chi connectivity index (χ0n) is 13.8. The quantitative estimate of drug-likeness (QED) is 0.522. The van der Waals surface area contributed by atoms with E-state index in [1.165, 1.54) is 27.7 Å². The molecule has 0 spiro atoms. The maximum Gasteiger partial charge on any atom is 0.213 e. The summed E-state index contributed by atoms with van der Waals surface area (Å²) in [6.07, 6.45) is 5.27. The highest BCUT2D eigenvalue weighted by atomic mass is 14.9. The molecule has 3 heteroatoms. The van der Waals surface area contributed by atoms with E-state index in [9.17, 15) is 0 Å². The van der Waals surface area contributed by atoms with Crippen LogP contribution in [0.4, 0.5) is 0 Å². The molecule has 0 aliphatic rings. The summed E-state index contributed by atoms with van der Waals surface area (Å²) in [7, 11) is 2.12. The number of pyridine rings is 1. The third-order valence-electron chi connectivity index (χ3n) is 4.46. The van der Waals surface area contributed by atoms with Gasteiger partial charge in [0.15, 0.2) is 0 Å². The zero-order chi connectivity index (χ0) is 16.5. The van der Waals surface area contributed by atoms with Crippen molar-refractivity contribution in [3.8, 4) is 22.5 Å². The number of benzene rings is 2. The lowest BCUT2D eigenvalue weighted by molar-refractivity contribution is -0.633. The van der Waals surface area contributed by atoms with Crippen molar-refractivity contribution in [1.29, 1.82) is 0 Å². The van der Waals surface area contributed by atoms with Gasteiger partial charge in [-0.15, -0.1) is 0 Å². The molecule has 0 radical (unpaired) electrons. The summed E-state index contributed by atoms with van der Waals surface area (Å²) in [5, 5.41) is 1.18. The minimum absolute atomic E-state index is 0.893. The van der Waals surface area contributed by atoms with Crippen molar-refractivity contribution < 1.29 is 4.57 Å². The summed E-state index contributed by atoms with van der Waals surface area (Å²) in [5.41, 5.74) is 6.84. The van der Waals surface area contributed by atoms with Gasteiger partial charge in [-0.25, -0.2) is 0 Å². The molecule has 0 atom stereocenters. The lowest BCUT2D eigenvalue weighted by atomic mass is 9.99. The second-order valence-electron chi connectivity index (χ2n) is 5.92. The predicted molar refractivity (Wildman–Crippen MR) is 96.3 cm³/mol. The molecule has 2 aromatic heterocycles. The molecular formula is C21H18N3+. The SMILES string of the molecule is Cc1ccccc1-c1cc(-c2cnccn2)c2ccccc2[n+]1C. The Morgan fingerprint density at radius 2 is 1.67 bits per heavy atom. The minimum atomic E-state index is 0.893. The van der Waals surface area contributed by atoms with Crippen molar-refractivity contribution in [2.45, 2.75) is 6.92 Å². The first-order valence-electron chi connectivity index (χ1n) is 8.00. The number of hydrogen-bond acceptors (Lipinski definition) is 2. The van der Waals surface area contributed by atoms with Gasteiger partial charge in [-0.05, 0) is 24.6 Å². The van der Waals surface area contributed by atoms with Gasteiger partial charge in [-0.3, -0.25) is 9.97 Å². The molecule has 0 fully saturated rings. The van der Waals surface area contributed by atoms with Crippen LogP contribution < -0.4 is 4.57 Å². The number of nitrogens with zero attached hydrogens (tertiary/aromatic N) is 3. The summed E-state index contributed by atoms with van der Waals surface area (Å²) in [5.74, 6) is 0. The van der Waals surface area contributed by atoms with Gasteiger partial charge in [0, 0.05) is 35.7 Å². The van der Waals surface area contributed by atoms with E-state index in [4.69, 9.17) is 0 Å². The zero-order valence-corrected chi connectivity index (χ0v) is 13.8. The number of fused-ring (bicyclic) bond motifs is 1. The lowest BCUT2D eigenvalue weighted by Gasteiger charge is -2.10. The second-order valence-corrected chi connectivity index (χ2v) is 5.92. The molecule has 0 saturated carbocycles. The van der Waals surface area contributed by atoms with Crippen molar-refractivity contribution in [1.82, 2.24) is 9.97 Å². The van der Waals surface area contributed by atoms with Gasteiger partial charge >= 0.3 is 0 Å². The number of aromatic nitrogens is 3. The fourth-order valence-electron chi connectivity index (χ4n) is 3.20. The van der Waals surface area contributed by atoms with Crippen molar-refractivity contribution in [3.05, 3.63) is 78.8 Å². The molecule has 2 heterocycles.